The third kappa shape index (κ3) is 3.08. The molecule has 1 aliphatic carbocycles. The number of ether oxygens (including phenoxy) is 1. The maximum Gasteiger partial charge on any atom is 0.340 e. The summed E-state index contributed by atoms with van der Waals surface area (Å²) in [5, 5.41) is 4.52. The van der Waals surface area contributed by atoms with Crippen molar-refractivity contribution in [2.24, 2.45) is 0 Å². The second kappa shape index (κ2) is 6.74. The number of para-hydroxylation sites is 1. The van der Waals surface area contributed by atoms with Gasteiger partial charge in [0.2, 0.25) is 5.91 Å². The number of halogens is 1. The first-order chi connectivity index (χ1) is 13.0. The van der Waals surface area contributed by atoms with Gasteiger partial charge >= 0.3 is 5.97 Å². The first-order valence-electron chi connectivity index (χ1n) is 8.90. The number of nitrogens with one attached hydrogen (secondary N) is 2. The van der Waals surface area contributed by atoms with Crippen molar-refractivity contribution in [1.82, 2.24) is 4.98 Å². The Morgan fingerprint density at radius 3 is 2.74 bits per heavy atom. The molecule has 1 aromatic heterocycles. The Hall–Kier alpha value is -2.79. The number of fused-ring (bicyclic) bond motifs is 1. The third-order valence-electron chi connectivity index (χ3n) is 5.01. The summed E-state index contributed by atoms with van der Waals surface area (Å²) < 4.78 is 5.08. The molecule has 0 bridgehead atoms. The highest BCUT2D eigenvalue weighted by Gasteiger charge is 2.52. The number of rotatable bonds is 5. The van der Waals surface area contributed by atoms with Crippen LogP contribution in [0.2, 0.25) is 5.02 Å². The van der Waals surface area contributed by atoms with E-state index in [1.165, 1.54) is 0 Å². The van der Waals surface area contributed by atoms with Crippen LogP contribution in [0.1, 0.15) is 35.7 Å². The molecule has 1 fully saturated rings. The Morgan fingerprint density at radius 1 is 1.22 bits per heavy atom. The zero-order valence-corrected chi connectivity index (χ0v) is 15.6. The molecule has 138 valence electrons. The number of anilines is 1. The number of aromatic nitrogens is 1. The molecule has 3 aromatic rings. The van der Waals surface area contributed by atoms with Crippen LogP contribution in [-0.4, -0.2) is 23.5 Å². The van der Waals surface area contributed by atoms with Gasteiger partial charge < -0.3 is 15.0 Å². The summed E-state index contributed by atoms with van der Waals surface area (Å²) in [6, 6.07) is 12.5. The maximum absolute atomic E-state index is 13.1. The number of H-pyrrole nitrogens is 1. The van der Waals surface area contributed by atoms with E-state index in [-0.39, 0.29) is 12.5 Å². The van der Waals surface area contributed by atoms with Crippen molar-refractivity contribution >= 4 is 40.1 Å². The molecule has 2 N–H and O–H groups in total. The zero-order valence-electron chi connectivity index (χ0n) is 14.8. The van der Waals surface area contributed by atoms with Gasteiger partial charge in [-0.3, -0.25) is 4.79 Å². The molecule has 1 heterocycles. The summed E-state index contributed by atoms with van der Waals surface area (Å²) >= 11 is 6.15. The van der Waals surface area contributed by atoms with Gasteiger partial charge in [0.05, 0.1) is 23.3 Å². The molecule has 4 rings (SSSR count). The molecule has 2 aromatic carbocycles. The molecule has 1 aliphatic rings. The molecule has 27 heavy (non-hydrogen) atoms. The van der Waals surface area contributed by atoms with Crippen molar-refractivity contribution in [3.63, 3.8) is 0 Å². The van der Waals surface area contributed by atoms with Gasteiger partial charge in [-0.15, -0.1) is 0 Å². The van der Waals surface area contributed by atoms with Crippen LogP contribution in [0.3, 0.4) is 0 Å². The Kier molecular flexibility index (Phi) is 4.40. The number of benzene rings is 2. The van der Waals surface area contributed by atoms with Gasteiger partial charge in [0.25, 0.3) is 0 Å². The van der Waals surface area contributed by atoms with Crippen molar-refractivity contribution in [3.8, 4) is 0 Å². The molecule has 6 heteroatoms. The smallest absolute Gasteiger partial charge is 0.340 e. The van der Waals surface area contributed by atoms with Gasteiger partial charge in [0.1, 0.15) is 0 Å². The average Bonchev–Trinajstić information content (AvgIpc) is 3.36. The number of hydrogen-bond donors (Lipinski definition) is 2. The monoisotopic (exact) mass is 382 g/mol. The first kappa shape index (κ1) is 17.6. The number of carbonyl (C=O) groups excluding carboxylic acids is 2. The Labute approximate surface area is 161 Å². The third-order valence-corrected chi connectivity index (χ3v) is 5.25. The fourth-order valence-electron chi connectivity index (χ4n) is 3.45. The number of amides is 1. The summed E-state index contributed by atoms with van der Waals surface area (Å²) in [4.78, 5) is 28.5. The summed E-state index contributed by atoms with van der Waals surface area (Å²) in [5.74, 6) is -0.572. The van der Waals surface area contributed by atoms with E-state index in [0.717, 1.165) is 29.3 Å². The molecule has 0 aliphatic heterocycles. The molecule has 0 saturated heterocycles. The highest BCUT2D eigenvalue weighted by molar-refractivity contribution is 6.31. The molecule has 5 nitrogen and oxygen atoms in total. The van der Waals surface area contributed by atoms with Crippen molar-refractivity contribution in [2.75, 3.05) is 11.9 Å². The quantitative estimate of drug-likeness (QED) is 0.630. The molecule has 1 saturated carbocycles. The minimum absolute atomic E-state index is 0.125. The number of aromatic amines is 1. The fraction of sp³-hybridized carbons (Fsp3) is 0.238. The van der Waals surface area contributed by atoms with Crippen LogP contribution in [0, 0.1) is 0 Å². The van der Waals surface area contributed by atoms with E-state index in [2.05, 4.69) is 10.3 Å². The molecular weight excluding hydrogens is 364 g/mol. The summed E-state index contributed by atoms with van der Waals surface area (Å²) in [5.41, 5.74) is 2.09. The van der Waals surface area contributed by atoms with Gasteiger partial charge in [0, 0.05) is 22.1 Å². The second-order valence-corrected chi connectivity index (χ2v) is 7.13. The lowest BCUT2D eigenvalue weighted by molar-refractivity contribution is -0.118. The van der Waals surface area contributed by atoms with E-state index < -0.39 is 11.4 Å². The zero-order chi connectivity index (χ0) is 19.0. The first-order valence-corrected chi connectivity index (χ1v) is 9.27. The van der Waals surface area contributed by atoms with Crippen molar-refractivity contribution < 1.29 is 14.3 Å². The normalized spacial score (nSPS) is 14.7. The lowest BCUT2D eigenvalue weighted by Gasteiger charge is -2.17. The molecule has 0 radical (unpaired) electrons. The predicted molar refractivity (Wildman–Crippen MR) is 105 cm³/mol. The summed E-state index contributed by atoms with van der Waals surface area (Å²) in [6.07, 6.45) is 3.38. The lowest BCUT2D eigenvalue weighted by atomic mass is 9.94. The van der Waals surface area contributed by atoms with Gasteiger partial charge in [-0.05, 0) is 55.7 Å². The summed E-state index contributed by atoms with van der Waals surface area (Å²) in [6.45, 7) is 2.03. The topological polar surface area (TPSA) is 71.2 Å². The summed E-state index contributed by atoms with van der Waals surface area (Å²) in [7, 11) is 0. The fourth-order valence-corrected chi connectivity index (χ4v) is 3.63. The number of carbonyl (C=O) groups is 2. The molecule has 0 unspecified atom stereocenters. The number of hydrogen-bond acceptors (Lipinski definition) is 3. The Morgan fingerprint density at radius 2 is 2.00 bits per heavy atom. The lowest BCUT2D eigenvalue weighted by Crippen LogP contribution is -2.28. The second-order valence-electron chi connectivity index (χ2n) is 6.69. The van der Waals surface area contributed by atoms with E-state index in [1.54, 1.807) is 31.2 Å². The van der Waals surface area contributed by atoms with Crippen LogP contribution in [0.15, 0.2) is 48.7 Å². The number of esters is 1. The Balaban J connectivity index is 1.66. The van der Waals surface area contributed by atoms with Crippen LogP contribution in [-0.2, 0) is 14.9 Å². The van der Waals surface area contributed by atoms with Crippen LogP contribution < -0.4 is 5.32 Å². The highest BCUT2D eigenvalue weighted by atomic mass is 35.5. The van der Waals surface area contributed by atoms with Crippen molar-refractivity contribution in [3.05, 3.63) is 64.8 Å². The Bertz CT molecular complexity index is 1040. The van der Waals surface area contributed by atoms with E-state index in [1.807, 2.05) is 24.4 Å². The van der Waals surface area contributed by atoms with Crippen LogP contribution >= 0.6 is 11.6 Å². The molecular formula is C21H19ClN2O3. The van der Waals surface area contributed by atoms with Crippen LogP contribution in [0.5, 0.6) is 0 Å². The average molecular weight is 383 g/mol. The molecule has 0 atom stereocenters. The standard InChI is InChI=1S/C21H19ClN2O3/c1-2-27-19(25)14-5-3-4-6-18(14)24-20(26)21(9-10-21)16-12-23-17-8-7-13(22)11-15(16)17/h3-8,11-12,23H,2,9-10H2,1H3,(H,24,26). The minimum Gasteiger partial charge on any atom is -0.462 e. The SMILES string of the molecule is CCOC(=O)c1ccccc1NC(=O)C1(c2c[nH]c3ccc(Cl)cc23)CC1. The van der Waals surface area contributed by atoms with Crippen LogP contribution in [0.4, 0.5) is 5.69 Å². The van der Waals surface area contributed by atoms with E-state index in [0.29, 0.717) is 16.3 Å². The van der Waals surface area contributed by atoms with E-state index in [4.69, 9.17) is 16.3 Å². The maximum atomic E-state index is 13.1. The van der Waals surface area contributed by atoms with Gasteiger partial charge in [-0.1, -0.05) is 23.7 Å². The van der Waals surface area contributed by atoms with Gasteiger partial charge in [-0.2, -0.15) is 0 Å². The van der Waals surface area contributed by atoms with Crippen molar-refractivity contribution in [2.45, 2.75) is 25.2 Å². The highest BCUT2D eigenvalue weighted by Crippen LogP contribution is 2.51. The predicted octanol–water partition coefficient (Wildman–Crippen LogP) is 4.67. The minimum atomic E-state index is -0.606. The van der Waals surface area contributed by atoms with E-state index >= 15 is 0 Å². The van der Waals surface area contributed by atoms with Gasteiger partial charge in [-0.25, -0.2) is 4.79 Å². The molecule has 1 amide bonds. The molecule has 0 spiro atoms. The van der Waals surface area contributed by atoms with E-state index in [9.17, 15) is 9.59 Å². The largest absolute Gasteiger partial charge is 0.462 e. The van der Waals surface area contributed by atoms with Gasteiger partial charge in [0.15, 0.2) is 0 Å². The van der Waals surface area contributed by atoms with Crippen LogP contribution in [0.25, 0.3) is 10.9 Å². The van der Waals surface area contributed by atoms with Crippen molar-refractivity contribution in [1.29, 1.82) is 0 Å².